The third-order valence-electron chi connectivity index (χ3n) is 5.31. The fraction of sp³-hybridized carbons (Fsp3) is 0.286. The second-order valence-corrected chi connectivity index (χ2v) is 7.40. The van der Waals surface area contributed by atoms with Crippen LogP contribution >= 0.6 is 0 Å². The molecule has 2 aliphatic rings. The zero-order valence-corrected chi connectivity index (χ0v) is 16.3. The molecule has 0 bridgehead atoms. The molecule has 2 heterocycles. The van der Waals surface area contributed by atoms with Gasteiger partial charge in [0.25, 0.3) is 5.91 Å². The van der Waals surface area contributed by atoms with Crippen LogP contribution in [0.5, 0.6) is 0 Å². The molecule has 2 aliphatic heterocycles. The SMILES string of the molecule is O=C1CN(C(=O)[C@@H](Cc2ccccc2)NC(=O)c2ccc3c(c2)B(O)OC3)CCN1. The van der Waals surface area contributed by atoms with Crippen molar-refractivity contribution in [3.8, 4) is 0 Å². The van der Waals surface area contributed by atoms with E-state index in [4.69, 9.17) is 4.65 Å². The molecule has 1 saturated heterocycles. The van der Waals surface area contributed by atoms with Crippen molar-refractivity contribution in [1.82, 2.24) is 15.5 Å². The number of nitrogens with one attached hydrogen (secondary N) is 2. The van der Waals surface area contributed by atoms with E-state index in [1.165, 1.54) is 4.90 Å². The zero-order chi connectivity index (χ0) is 21.1. The molecule has 2 aromatic carbocycles. The van der Waals surface area contributed by atoms with E-state index in [0.29, 0.717) is 37.1 Å². The summed E-state index contributed by atoms with van der Waals surface area (Å²) in [6, 6.07) is 13.5. The number of carbonyl (C=O) groups is 3. The van der Waals surface area contributed by atoms with E-state index in [-0.39, 0.29) is 18.4 Å². The molecule has 3 N–H and O–H groups in total. The third-order valence-corrected chi connectivity index (χ3v) is 5.31. The van der Waals surface area contributed by atoms with Crippen LogP contribution in [0.25, 0.3) is 0 Å². The Balaban J connectivity index is 1.54. The number of hydrogen-bond donors (Lipinski definition) is 3. The summed E-state index contributed by atoms with van der Waals surface area (Å²) in [7, 11) is -1.05. The molecule has 2 aromatic rings. The van der Waals surface area contributed by atoms with Crippen LogP contribution in [0.1, 0.15) is 21.5 Å². The molecule has 4 rings (SSSR count). The molecule has 0 unspecified atom stereocenters. The summed E-state index contributed by atoms with van der Waals surface area (Å²) in [5.74, 6) is -0.939. The topological polar surface area (TPSA) is 108 Å². The summed E-state index contributed by atoms with van der Waals surface area (Å²) in [5, 5.41) is 15.4. The van der Waals surface area contributed by atoms with Gasteiger partial charge in [-0.15, -0.1) is 0 Å². The number of amides is 3. The Labute approximate surface area is 174 Å². The van der Waals surface area contributed by atoms with Crippen LogP contribution in [-0.2, 0) is 27.3 Å². The Morgan fingerprint density at radius 3 is 2.80 bits per heavy atom. The molecule has 1 fully saturated rings. The minimum Gasteiger partial charge on any atom is -0.423 e. The second kappa shape index (κ2) is 8.68. The van der Waals surface area contributed by atoms with Crippen LogP contribution in [0.4, 0.5) is 0 Å². The summed E-state index contributed by atoms with van der Waals surface area (Å²) in [4.78, 5) is 39.2. The average Bonchev–Trinajstić information content (AvgIpc) is 3.13. The Morgan fingerprint density at radius 2 is 2.03 bits per heavy atom. The van der Waals surface area contributed by atoms with Gasteiger partial charge < -0.3 is 25.2 Å². The van der Waals surface area contributed by atoms with Crippen LogP contribution in [0.15, 0.2) is 48.5 Å². The first kappa shape index (κ1) is 20.1. The van der Waals surface area contributed by atoms with Gasteiger partial charge in [0.15, 0.2) is 0 Å². The fourth-order valence-electron chi connectivity index (χ4n) is 3.69. The van der Waals surface area contributed by atoms with Gasteiger partial charge in [0.1, 0.15) is 6.04 Å². The summed E-state index contributed by atoms with van der Waals surface area (Å²) < 4.78 is 5.17. The lowest BCUT2D eigenvalue weighted by Gasteiger charge is -2.30. The van der Waals surface area contributed by atoms with E-state index in [1.54, 1.807) is 18.2 Å². The number of benzene rings is 2. The number of nitrogens with zero attached hydrogens (tertiary/aromatic N) is 1. The first-order chi connectivity index (χ1) is 14.5. The number of carbonyl (C=O) groups excluding carboxylic acids is 3. The maximum atomic E-state index is 13.1. The number of rotatable bonds is 5. The van der Waals surface area contributed by atoms with Gasteiger partial charge in [-0.05, 0) is 28.7 Å². The van der Waals surface area contributed by atoms with Crippen molar-refractivity contribution in [3.63, 3.8) is 0 Å². The average molecular weight is 407 g/mol. The molecule has 0 aromatic heterocycles. The van der Waals surface area contributed by atoms with E-state index in [1.807, 2.05) is 30.3 Å². The standard InChI is InChI=1S/C21H22BN3O5/c26-19-12-25(9-8-23-19)21(28)18(10-14-4-2-1-3-5-14)24-20(27)15-6-7-16-13-30-22(29)17(16)11-15/h1-7,11,18,29H,8-10,12-13H2,(H,23,26)(H,24,27)/t18-/m1/s1. The Morgan fingerprint density at radius 1 is 1.23 bits per heavy atom. The molecular formula is C21H22BN3O5. The minimum atomic E-state index is -1.05. The molecule has 1 atom stereocenters. The van der Waals surface area contributed by atoms with Gasteiger partial charge in [-0.1, -0.05) is 36.4 Å². The van der Waals surface area contributed by atoms with Gasteiger partial charge >= 0.3 is 7.12 Å². The van der Waals surface area contributed by atoms with Crippen LogP contribution in [0.2, 0.25) is 0 Å². The van der Waals surface area contributed by atoms with Gasteiger partial charge in [-0.2, -0.15) is 0 Å². The largest absolute Gasteiger partial charge is 0.491 e. The van der Waals surface area contributed by atoms with E-state index in [0.717, 1.165) is 11.1 Å². The lowest BCUT2D eigenvalue weighted by molar-refractivity contribution is -0.139. The van der Waals surface area contributed by atoms with Gasteiger partial charge in [0.05, 0.1) is 13.2 Å². The molecule has 30 heavy (non-hydrogen) atoms. The van der Waals surface area contributed by atoms with Crippen LogP contribution in [0, 0.1) is 0 Å². The van der Waals surface area contributed by atoms with Crippen LogP contribution < -0.4 is 16.1 Å². The molecule has 9 heteroatoms. The molecule has 3 amide bonds. The highest BCUT2D eigenvalue weighted by Gasteiger charge is 2.31. The summed E-state index contributed by atoms with van der Waals surface area (Å²) in [5.41, 5.74) is 2.62. The van der Waals surface area contributed by atoms with Crippen molar-refractivity contribution in [2.75, 3.05) is 19.6 Å². The van der Waals surface area contributed by atoms with E-state index < -0.39 is 19.1 Å². The van der Waals surface area contributed by atoms with Crippen molar-refractivity contribution in [2.24, 2.45) is 0 Å². The highest BCUT2D eigenvalue weighted by Crippen LogP contribution is 2.13. The first-order valence-electron chi connectivity index (χ1n) is 9.84. The van der Waals surface area contributed by atoms with Gasteiger partial charge in [-0.3, -0.25) is 14.4 Å². The maximum absolute atomic E-state index is 13.1. The summed E-state index contributed by atoms with van der Waals surface area (Å²) in [6.07, 6.45) is 0.306. The lowest BCUT2D eigenvalue weighted by atomic mass is 9.78. The van der Waals surface area contributed by atoms with Crippen molar-refractivity contribution in [3.05, 3.63) is 65.2 Å². The highest BCUT2D eigenvalue weighted by molar-refractivity contribution is 6.61. The number of hydrogen-bond acceptors (Lipinski definition) is 5. The van der Waals surface area contributed by atoms with Crippen molar-refractivity contribution < 1.29 is 24.1 Å². The molecule has 0 radical (unpaired) electrons. The molecule has 8 nitrogen and oxygen atoms in total. The summed E-state index contributed by atoms with van der Waals surface area (Å²) >= 11 is 0. The molecule has 0 aliphatic carbocycles. The van der Waals surface area contributed by atoms with E-state index >= 15 is 0 Å². The van der Waals surface area contributed by atoms with Gasteiger partial charge in [-0.25, -0.2) is 0 Å². The van der Waals surface area contributed by atoms with Crippen molar-refractivity contribution in [1.29, 1.82) is 0 Å². The molecule has 154 valence electrons. The second-order valence-electron chi connectivity index (χ2n) is 7.40. The monoisotopic (exact) mass is 407 g/mol. The van der Waals surface area contributed by atoms with E-state index in [9.17, 15) is 19.4 Å². The zero-order valence-electron chi connectivity index (χ0n) is 16.3. The Hall–Kier alpha value is -3.17. The fourth-order valence-corrected chi connectivity index (χ4v) is 3.69. The highest BCUT2D eigenvalue weighted by atomic mass is 16.5. The first-order valence-corrected chi connectivity index (χ1v) is 9.84. The number of fused-ring (bicyclic) bond motifs is 1. The van der Waals surface area contributed by atoms with Crippen molar-refractivity contribution in [2.45, 2.75) is 19.1 Å². The van der Waals surface area contributed by atoms with Gasteiger partial charge in [0, 0.05) is 25.1 Å². The molecular weight excluding hydrogens is 385 g/mol. The lowest BCUT2D eigenvalue weighted by Crippen LogP contribution is -2.56. The van der Waals surface area contributed by atoms with Crippen molar-refractivity contribution >= 4 is 30.3 Å². The Bertz CT molecular complexity index is 968. The normalized spacial score (nSPS) is 16.6. The smallest absolute Gasteiger partial charge is 0.423 e. The number of piperazine rings is 1. The van der Waals surface area contributed by atoms with E-state index in [2.05, 4.69) is 10.6 Å². The molecule has 0 saturated carbocycles. The Kier molecular flexibility index (Phi) is 5.82. The summed E-state index contributed by atoms with van der Waals surface area (Å²) in [6.45, 7) is 1.06. The predicted molar refractivity (Wildman–Crippen MR) is 110 cm³/mol. The quantitative estimate of drug-likeness (QED) is 0.563. The molecule has 0 spiro atoms. The third kappa shape index (κ3) is 4.37. The van der Waals surface area contributed by atoms with Crippen LogP contribution in [-0.4, -0.2) is 60.4 Å². The van der Waals surface area contributed by atoms with Gasteiger partial charge in [0.2, 0.25) is 11.8 Å². The maximum Gasteiger partial charge on any atom is 0.491 e. The predicted octanol–water partition coefficient (Wildman–Crippen LogP) is -0.796. The minimum absolute atomic E-state index is 0.0254. The van der Waals surface area contributed by atoms with Crippen LogP contribution in [0.3, 0.4) is 0 Å².